The van der Waals surface area contributed by atoms with E-state index in [0.29, 0.717) is 11.3 Å². The lowest BCUT2D eigenvalue weighted by Crippen LogP contribution is -2.43. The predicted octanol–water partition coefficient (Wildman–Crippen LogP) is 1.08. The molecule has 19 heavy (non-hydrogen) atoms. The number of carbonyl (C=O) groups excluding carboxylic acids is 2. The number of rotatable bonds is 4. The van der Waals surface area contributed by atoms with Gasteiger partial charge in [-0.15, -0.1) is 0 Å². The van der Waals surface area contributed by atoms with Crippen LogP contribution in [0.15, 0.2) is 18.2 Å². The van der Waals surface area contributed by atoms with E-state index in [1.807, 2.05) is 6.92 Å². The van der Waals surface area contributed by atoms with Gasteiger partial charge in [0.15, 0.2) is 0 Å². The second-order valence-corrected chi connectivity index (χ2v) is 5.28. The van der Waals surface area contributed by atoms with Crippen LogP contribution in [0.5, 0.6) is 0 Å². The van der Waals surface area contributed by atoms with Gasteiger partial charge >= 0.3 is 0 Å². The summed E-state index contributed by atoms with van der Waals surface area (Å²) < 4.78 is 0. The monoisotopic (exact) mass is 263 g/mol. The third-order valence-corrected chi connectivity index (χ3v) is 2.89. The van der Waals surface area contributed by atoms with Gasteiger partial charge in [0, 0.05) is 24.8 Å². The van der Waals surface area contributed by atoms with Crippen LogP contribution in [-0.4, -0.2) is 25.4 Å². The maximum Gasteiger partial charge on any atom is 0.251 e. The summed E-state index contributed by atoms with van der Waals surface area (Å²) >= 11 is 0. The molecule has 0 aliphatic carbocycles. The van der Waals surface area contributed by atoms with Crippen LogP contribution in [0, 0.1) is 12.3 Å². The molecule has 0 aromatic heterocycles. The molecular weight excluding hydrogens is 242 g/mol. The van der Waals surface area contributed by atoms with Crippen molar-refractivity contribution in [3.8, 4) is 0 Å². The van der Waals surface area contributed by atoms with E-state index in [2.05, 4.69) is 10.6 Å². The molecule has 1 aromatic carbocycles. The highest BCUT2D eigenvalue weighted by Gasteiger charge is 2.27. The Labute approximate surface area is 113 Å². The van der Waals surface area contributed by atoms with Crippen LogP contribution in [0.2, 0.25) is 0 Å². The number of amides is 2. The van der Waals surface area contributed by atoms with Gasteiger partial charge in [-0.3, -0.25) is 9.59 Å². The van der Waals surface area contributed by atoms with Crippen LogP contribution in [0.25, 0.3) is 0 Å². The molecule has 1 rings (SSSR count). The molecule has 0 fully saturated rings. The van der Waals surface area contributed by atoms with E-state index in [9.17, 15) is 9.59 Å². The summed E-state index contributed by atoms with van der Waals surface area (Å²) in [4.78, 5) is 23.6. The molecule has 4 N–H and O–H groups in total. The van der Waals surface area contributed by atoms with Gasteiger partial charge < -0.3 is 16.4 Å². The van der Waals surface area contributed by atoms with Gasteiger partial charge in [-0.05, 0) is 44.5 Å². The third kappa shape index (κ3) is 3.98. The largest absolute Gasteiger partial charge is 0.399 e. The normalized spacial score (nSPS) is 10.9. The lowest BCUT2D eigenvalue weighted by molar-refractivity contribution is -0.128. The number of hydrogen-bond donors (Lipinski definition) is 3. The number of anilines is 1. The molecule has 0 saturated heterocycles. The van der Waals surface area contributed by atoms with Crippen molar-refractivity contribution >= 4 is 17.5 Å². The molecule has 0 aliphatic heterocycles. The van der Waals surface area contributed by atoms with Gasteiger partial charge in [0.25, 0.3) is 5.91 Å². The standard InChI is InChI=1S/C14H21N3O2/c1-9-5-10(7-11(15)6-9)12(18)17-8-14(2,3)13(19)16-4/h5-7H,8,15H2,1-4H3,(H,16,19)(H,17,18). The predicted molar refractivity (Wildman–Crippen MR) is 75.8 cm³/mol. The van der Waals surface area contributed by atoms with Crippen molar-refractivity contribution in [2.24, 2.45) is 5.41 Å². The molecule has 0 spiro atoms. The molecule has 2 amide bonds. The minimum absolute atomic E-state index is 0.114. The SMILES string of the molecule is CNC(=O)C(C)(C)CNC(=O)c1cc(C)cc(N)c1. The second-order valence-electron chi connectivity index (χ2n) is 5.28. The first-order chi connectivity index (χ1) is 8.76. The molecule has 0 bridgehead atoms. The minimum Gasteiger partial charge on any atom is -0.399 e. The van der Waals surface area contributed by atoms with Crippen molar-refractivity contribution < 1.29 is 9.59 Å². The Morgan fingerprint density at radius 3 is 2.42 bits per heavy atom. The second kappa shape index (κ2) is 5.73. The summed E-state index contributed by atoms with van der Waals surface area (Å²) in [7, 11) is 1.58. The van der Waals surface area contributed by atoms with E-state index in [1.54, 1.807) is 39.1 Å². The first-order valence-corrected chi connectivity index (χ1v) is 6.14. The fourth-order valence-corrected chi connectivity index (χ4v) is 1.77. The average Bonchev–Trinajstić information content (AvgIpc) is 2.33. The minimum atomic E-state index is -0.653. The van der Waals surface area contributed by atoms with Crippen LogP contribution < -0.4 is 16.4 Å². The summed E-state index contributed by atoms with van der Waals surface area (Å²) in [6, 6.07) is 5.18. The summed E-state index contributed by atoms with van der Waals surface area (Å²) in [5.74, 6) is -0.344. The van der Waals surface area contributed by atoms with E-state index in [-0.39, 0.29) is 18.4 Å². The van der Waals surface area contributed by atoms with Crippen molar-refractivity contribution in [1.29, 1.82) is 0 Å². The zero-order chi connectivity index (χ0) is 14.6. The van der Waals surface area contributed by atoms with E-state index in [4.69, 9.17) is 5.73 Å². The molecule has 0 radical (unpaired) electrons. The number of nitrogens with one attached hydrogen (secondary N) is 2. The van der Waals surface area contributed by atoms with Crippen LogP contribution in [0.1, 0.15) is 29.8 Å². The number of aryl methyl sites for hydroxylation is 1. The Balaban J connectivity index is 2.73. The molecular formula is C14H21N3O2. The van der Waals surface area contributed by atoms with Gasteiger partial charge in [0.2, 0.25) is 5.91 Å². The quantitative estimate of drug-likeness (QED) is 0.711. The van der Waals surface area contributed by atoms with Crippen molar-refractivity contribution in [1.82, 2.24) is 10.6 Å². The van der Waals surface area contributed by atoms with E-state index >= 15 is 0 Å². The highest BCUT2D eigenvalue weighted by Crippen LogP contribution is 2.15. The zero-order valence-electron chi connectivity index (χ0n) is 11.8. The van der Waals surface area contributed by atoms with Crippen molar-refractivity contribution in [3.05, 3.63) is 29.3 Å². The van der Waals surface area contributed by atoms with E-state index in [1.165, 1.54) is 0 Å². The highest BCUT2D eigenvalue weighted by molar-refractivity contribution is 5.95. The van der Waals surface area contributed by atoms with E-state index < -0.39 is 5.41 Å². The molecule has 0 aliphatic rings. The zero-order valence-corrected chi connectivity index (χ0v) is 11.8. The van der Waals surface area contributed by atoms with E-state index in [0.717, 1.165) is 5.56 Å². The number of benzene rings is 1. The Hall–Kier alpha value is -2.04. The highest BCUT2D eigenvalue weighted by atomic mass is 16.2. The summed E-state index contributed by atoms with van der Waals surface area (Å²) in [5, 5.41) is 5.33. The van der Waals surface area contributed by atoms with Crippen molar-refractivity contribution in [2.45, 2.75) is 20.8 Å². The van der Waals surface area contributed by atoms with Crippen LogP contribution in [-0.2, 0) is 4.79 Å². The molecule has 0 atom stereocenters. The van der Waals surface area contributed by atoms with Gasteiger partial charge in [-0.25, -0.2) is 0 Å². The van der Waals surface area contributed by atoms with Gasteiger partial charge in [0.1, 0.15) is 0 Å². The van der Waals surface area contributed by atoms with Gasteiger partial charge in [-0.1, -0.05) is 0 Å². The Morgan fingerprint density at radius 2 is 1.89 bits per heavy atom. The summed E-state index contributed by atoms with van der Waals surface area (Å²) in [6.45, 7) is 5.69. The fourth-order valence-electron chi connectivity index (χ4n) is 1.77. The molecule has 1 aromatic rings. The molecule has 0 unspecified atom stereocenters. The average molecular weight is 263 g/mol. The fraction of sp³-hybridized carbons (Fsp3) is 0.429. The van der Waals surface area contributed by atoms with Gasteiger partial charge in [0.05, 0.1) is 5.41 Å². The van der Waals surface area contributed by atoms with Crippen LogP contribution >= 0.6 is 0 Å². The first kappa shape index (κ1) is 15.0. The summed E-state index contributed by atoms with van der Waals surface area (Å²) in [5.41, 5.74) is 7.03. The Morgan fingerprint density at radius 1 is 1.26 bits per heavy atom. The molecule has 104 valence electrons. The maximum atomic E-state index is 12.0. The summed E-state index contributed by atoms with van der Waals surface area (Å²) in [6.07, 6.45) is 0. The molecule has 5 heteroatoms. The van der Waals surface area contributed by atoms with Gasteiger partial charge in [-0.2, -0.15) is 0 Å². The topological polar surface area (TPSA) is 84.2 Å². The Bertz CT molecular complexity index is 475. The number of carbonyl (C=O) groups is 2. The number of nitrogens with two attached hydrogens (primary N) is 1. The first-order valence-electron chi connectivity index (χ1n) is 6.14. The maximum absolute atomic E-state index is 12.0. The smallest absolute Gasteiger partial charge is 0.251 e. The van der Waals surface area contributed by atoms with Crippen molar-refractivity contribution in [3.63, 3.8) is 0 Å². The van der Waals surface area contributed by atoms with Crippen LogP contribution in [0.4, 0.5) is 5.69 Å². The Kier molecular flexibility index (Phi) is 4.53. The third-order valence-electron chi connectivity index (χ3n) is 2.89. The number of nitrogen functional groups attached to an aromatic ring is 1. The lowest BCUT2D eigenvalue weighted by Gasteiger charge is -2.22. The molecule has 5 nitrogen and oxygen atoms in total. The molecule has 0 saturated carbocycles. The lowest BCUT2D eigenvalue weighted by atomic mass is 9.92. The van der Waals surface area contributed by atoms with Crippen LogP contribution in [0.3, 0.4) is 0 Å². The number of hydrogen-bond acceptors (Lipinski definition) is 3. The van der Waals surface area contributed by atoms with Crippen molar-refractivity contribution in [2.75, 3.05) is 19.3 Å². The molecule has 0 heterocycles.